The van der Waals surface area contributed by atoms with Crippen molar-refractivity contribution in [3.8, 4) is 5.75 Å². The number of hydrogen-bond acceptors (Lipinski definition) is 6. The van der Waals surface area contributed by atoms with Crippen LogP contribution in [0.2, 0.25) is 0 Å². The van der Waals surface area contributed by atoms with Crippen molar-refractivity contribution < 1.29 is 23.9 Å². The Kier molecular flexibility index (Phi) is 8.06. The number of methoxy groups -OCH3 is 1. The molecule has 0 saturated heterocycles. The summed E-state index contributed by atoms with van der Waals surface area (Å²) in [5.74, 6) is -0.510. The minimum Gasteiger partial charge on any atom is -0.497 e. The molecule has 1 unspecified atom stereocenters. The summed E-state index contributed by atoms with van der Waals surface area (Å²) < 4.78 is 12.1. The summed E-state index contributed by atoms with van der Waals surface area (Å²) >= 11 is 0. The second kappa shape index (κ2) is 11.0. The third-order valence-corrected chi connectivity index (χ3v) is 6.15. The van der Waals surface area contributed by atoms with Crippen LogP contribution in [0.4, 0.5) is 0 Å². The van der Waals surface area contributed by atoms with Crippen molar-refractivity contribution in [1.29, 1.82) is 0 Å². The topological polar surface area (TPSA) is 90.7 Å². The molecule has 2 heterocycles. The Morgan fingerprint density at radius 3 is 2.51 bits per heavy atom. The zero-order valence-corrected chi connectivity index (χ0v) is 21.0. The van der Waals surface area contributed by atoms with Gasteiger partial charge in [-0.05, 0) is 63.1 Å². The van der Waals surface area contributed by atoms with Crippen molar-refractivity contribution in [2.75, 3.05) is 13.7 Å². The van der Waals surface area contributed by atoms with Crippen LogP contribution in [0.1, 0.15) is 61.9 Å². The van der Waals surface area contributed by atoms with Crippen molar-refractivity contribution in [3.05, 3.63) is 82.4 Å². The van der Waals surface area contributed by atoms with Crippen molar-refractivity contribution in [2.45, 2.75) is 40.3 Å². The highest BCUT2D eigenvalue weighted by molar-refractivity contribution is 6.07. The van der Waals surface area contributed by atoms with Gasteiger partial charge in [-0.1, -0.05) is 12.1 Å². The summed E-state index contributed by atoms with van der Waals surface area (Å²) in [5, 5.41) is 0. The fourth-order valence-electron chi connectivity index (χ4n) is 4.17. The molecule has 3 aromatic rings. The maximum Gasteiger partial charge on any atom is 0.355 e. The number of pyridine rings is 1. The molecular weight excluding hydrogens is 446 g/mol. The molecule has 0 N–H and O–H groups in total. The zero-order chi connectivity index (χ0) is 25.7. The fourth-order valence-corrected chi connectivity index (χ4v) is 4.17. The zero-order valence-electron chi connectivity index (χ0n) is 21.0. The molecule has 2 aromatic heterocycles. The highest BCUT2D eigenvalue weighted by Gasteiger charge is 2.33. The molecule has 3 rings (SSSR count). The van der Waals surface area contributed by atoms with Crippen LogP contribution in [0.5, 0.6) is 5.75 Å². The summed E-state index contributed by atoms with van der Waals surface area (Å²) in [4.78, 5) is 45.7. The predicted molar refractivity (Wildman–Crippen MR) is 132 cm³/mol. The molecule has 0 aliphatic carbocycles. The quantitative estimate of drug-likeness (QED) is 0.340. The van der Waals surface area contributed by atoms with Gasteiger partial charge in [0.25, 0.3) is 5.91 Å². The van der Waals surface area contributed by atoms with Crippen LogP contribution in [-0.2, 0) is 18.3 Å². The molecule has 8 heteroatoms. The Morgan fingerprint density at radius 1 is 1.14 bits per heavy atom. The lowest BCUT2D eigenvalue weighted by molar-refractivity contribution is 0.0513. The van der Waals surface area contributed by atoms with Crippen LogP contribution < -0.4 is 4.74 Å². The number of ketones is 1. The van der Waals surface area contributed by atoms with Crippen LogP contribution >= 0.6 is 0 Å². The molecule has 0 spiro atoms. The first kappa shape index (κ1) is 25.7. The van der Waals surface area contributed by atoms with Crippen LogP contribution in [0.25, 0.3) is 0 Å². The number of benzene rings is 1. The normalized spacial score (nSPS) is 11.6. The van der Waals surface area contributed by atoms with E-state index in [-0.39, 0.29) is 24.8 Å². The minimum atomic E-state index is -0.816. The molecule has 0 aliphatic rings. The highest BCUT2D eigenvalue weighted by Crippen LogP contribution is 2.26. The number of carbonyl (C=O) groups is 3. The van der Waals surface area contributed by atoms with E-state index in [1.807, 2.05) is 6.07 Å². The number of esters is 1. The van der Waals surface area contributed by atoms with E-state index in [0.717, 1.165) is 5.56 Å². The smallest absolute Gasteiger partial charge is 0.355 e. The third-order valence-electron chi connectivity index (χ3n) is 6.15. The number of aromatic nitrogens is 2. The SMILES string of the molecule is CCOC(=O)c1c(C)c(C(=O)C(C)N(Cc2cccnc2)C(=O)c2cccc(OC)c2)c(C)n1C. The Balaban J connectivity index is 2.04. The fraction of sp³-hybridized carbons (Fsp3) is 0.333. The molecule has 35 heavy (non-hydrogen) atoms. The molecule has 1 atom stereocenters. The molecular formula is C27H31N3O5. The average molecular weight is 478 g/mol. The Bertz CT molecular complexity index is 1230. The van der Waals surface area contributed by atoms with Gasteiger partial charge >= 0.3 is 5.97 Å². The standard InChI is InChI=1S/C27H31N3O5/c1-7-35-27(33)24-17(2)23(18(3)29(24)5)25(31)19(4)30(16-20-10-9-13-28-15-20)26(32)21-11-8-12-22(14-21)34-6/h8-15,19H,7,16H2,1-6H3. The van der Waals surface area contributed by atoms with Gasteiger partial charge in [0.1, 0.15) is 11.4 Å². The van der Waals surface area contributed by atoms with Crippen molar-refractivity contribution in [1.82, 2.24) is 14.5 Å². The number of hydrogen-bond donors (Lipinski definition) is 0. The minimum absolute atomic E-state index is 0.187. The van der Waals surface area contributed by atoms with E-state index >= 15 is 0 Å². The lowest BCUT2D eigenvalue weighted by atomic mass is 9.98. The maximum absolute atomic E-state index is 13.8. The summed E-state index contributed by atoms with van der Waals surface area (Å²) in [6.07, 6.45) is 3.32. The summed E-state index contributed by atoms with van der Waals surface area (Å²) in [6, 6.07) is 9.65. The van der Waals surface area contributed by atoms with E-state index in [9.17, 15) is 14.4 Å². The second-order valence-corrected chi connectivity index (χ2v) is 8.28. The van der Waals surface area contributed by atoms with Crippen molar-refractivity contribution in [3.63, 3.8) is 0 Å². The lowest BCUT2D eigenvalue weighted by Gasteiger charge is -2.29. The molecule has 0 aliphatic heterocycles. The highest BCUT2D eigenvalue weighted by atomic mass is 16.5. The van der Waals surface area contributed by atoms with Crippen LogP contribution in [0.15, 0.2) is 48.8 Å². The van der Waals surface area contributed by atoms with E-state index in [1.165, 1.54) is 12.0 Å². The van der Waals surface area contributed by atoms with Crippen molar-refractivity contribution in [2.24, 2.45) is 7.05 Å². The predicted octanol–water partition coefficient (Wildman–Crippen LogP) is 4.14. The number of Topliss-reactive ketones (excluding diaryl/α,β-unsaturated/α-hetero) is 1. The molecule has 184 valence electrons. The Hall–Kier alpha value is -3.94. The lowest BCUT2D eigenvalue weighted by Crippen LogP contribution is -2.43. The van der Waals surface area contributed by atoms with E-state index in [4.69, 9.17) is 9.47 Å². The van der Waals surface area contributed by atoms with Crippen LogP contribution in [-0.4, -0.2) is 51.9 Å². The number of amides is 1. The molecule has 1 aromatic carbocycles. The molecule has 0 saturated carbocycles. The third kappa shape index (κ3) is 5.26. The summed E-state index contributed by atoms with van der Waals surface area (Å²) in [7, 11) is 3.26. The van der Waals surface area contributed by atoms with Gasteiger partial charge in [0, 0.05) is 42.8 Å². The van der Waals surface area contributed by atoms with Gasteiger partial charge < -0.3 is 18.9 Å². The van der Waals surface area contributed by atoms with E-state index in [2.05, 4.69) is 4.98 Å². The number of carbonyl (C=O) groups excluding carboxylic acids is 3. The number of rotatable bonds is 9. The van der Waals surface area contributed by atoms with Gasteiger partial charge in [0.2, 0.25) is 0 Å². The van der Waals surface area contributed by atoms with Gasteiger partial charge in [-0.2, -0.15) is 0 Å². The Morgan fingerprint density at radius 2 is 1.89 bits per heavy atom. The van der Waals surface area contributed by atoms with E-state index < -0.39 is 12.0 Å². The first-order chi connectivity index (χ1) is 16.7. The van der Waals surface area contributed by atoms with Crippen LogP contribution in [0.3, 0.4) is 0 Å². The molecule has 8 nitrogen and oxygen atoms in total. The Labute approximate surface area is 205 Å². The first-order valence-electron chi connectivity index (χ1n) is 11.4. The van der Waals surface area contributed by atoms with Gasteiger partial charge in [-0.25, -0.2) is 4.79 Å². The molecule has 0 radical (unpaired) electrons. The largest absolute Gasteiger partial charge is 0.497 e. The van der Waals surface area contributed by atoms with Gasteiger partial charge in [0.05, 0.1) is 19.8 Å². The molecule has 1 amide bonds. The summed E-state index contributed by atoms with van der Waals surface area (Å²) in [6.45, 7) is 7.37. The van der Waals surface area contributed by atoms with E-state index in [0.29, 0.717) is 33.8 Å². The van der Waals surface area contributed by atoms with Crippen LogP contribution in [0, 0.1) is 13.8 Å². The van der Waals surface area contributed by atoms with Gasteiger partial charge in [0.15, 0.2) is 5.78 Å². The summed E-state index contributed by atoms with van der Waals surface area (Å²) in [5.41, 5.74) is 3.11. The maximum atomic E-state index is 13.8. The first-order valence-corrected chi connectivity index (χ1v) is 11.4. The second-order valence-electron chi connectivity index (χ2n) is 8.28. The molecule has 0 fully saturated rings. The molecule has 0 bridgehead atoms. The van der Waals surface area contributed by atoms with Gasteiger partial charge in [-0.3, -0.25) is 14.6 Å². The number of nitrogens with zero attached hydrogens (tertiary/aromatic N) is 3. The number of ether oxygens (including phenoxy) is 2. The van der Waals surface area contributed by atoms with E-state index in [1.54, 1.807) is 82.0 Å². The average Bonchev–Trinajstić information content (AvgIpc) is 3.09. The van der Waals surface area contributed by atoms with Gasteiger partial charge in [-0.15, -0.1) is 0 Å². The monoisotopic (exact) mass is 477 g/mol. The van der Waals surface area contributed by atoms with Crippen molar-refractivity contribution >= 4 is 17.7 Å².